The lowest BCUT2D eigenvalue weighted by molar-refractivity contribution is -0.122. The molecule has 5 nitrogen and oxygen atoms in total. The number of fused-ring (bicyclic) bond motifs is 3. The van der Waals surface area contributed by atoms with Crippen LogP contribution in [0.2, 0.25) is 0 Å². The molecule has 1 amide bonds. The monoisotopic (exact) mass is 389 g/mol. The van der Waals surface area contributed by atoms with Crippen molar-refractivity contribution in [3.05, 3.63) is 65.7 Å². The fraction of sp³-hybridized carbons (Fsp3) is 0.208. The van der Waals surface area contributed by atoms with Crippen LogP contribution < -0.4 is 14.8 Å². The van der Waals surface area contributed by atoms with Gasteiger partial charge >= 0.3 is 0 Å². The molecule has 1 aromatic heterocycles. The number of aryl methyl sites for hydroxylation is 1. The molecule has 0 spiro atoms. The molecule has 0 saturated heterocycles. The molecule has 0 saturated carbocycles. The quantitative estimate of drug-likeness (QED) is 0.481. The Kier molecular flexibility index (Phi) is 4.89. The molecule has 0 aliphatic rings. The Bertz CT molecular complexity index is 1210. The average Bonchev–Trinajstić information content (AvgIpc) is 3.08. The average molecular weight is 389 g/mol. The van der Waals surface area contributed by atoms with Gasteiger partial charge in [0.25, 0.3) is 5.91 Å². The first-order chi connectivity index (χ1) is 14.0. The van der Waals surface area contributed by atoms with Gasteiger partial charge in [-0.1, -0.05) is 30.3 Å². The number of benzene rings is 3. The molecular formula is C24H23NO4. The number of methoxy groups -OCH3 is 1. The zero-order valence-electron chi connectivity index (χ0n) is 16.9. The number of hydrogen-bond acceptors (Lipinski definition) is 4. The van der Waals surface area contributed by atoms with Crippen LogP contribution in [0.3, 0.4) is 0 Å². The number of carbonyl (C=O) groups excluding carboxylic acids is 1. The molecule has 1 heterocycles. The van der Waals surface area contributed by atoms with Crippen LogP contribution in [0.15, 0.2) is 59.0 Å². The number of furan rings is 1. The molecule has 29 heavy (non-hydrogen) atoms. The van der Waals surface area contributed by atoms with Gasteiger partial charge in [0.1, 0.15) is 22.7 Å². The second kappa shape index (κ2) is 7.51. The van der Waals surface area contributed by atoms with E-state index in [4.69, 9.17) is 13.9 Å². The summed E-state index contributed by atoms with van der Waals surface area (Å²) in [5.41, 5.74) is 4.16. The summed E-state index contributed by atoms with van der Waals surface area (Å²) in [6.07, 6.45) is -0.674. The van der Waals surface area contributed by atoms with E-state index < -0.39 is 6.10 Å². The van der Waals surface area contributed by atoms with Gasteiger partial charge in [0.15, 0.2) is 6.10 Å². The Morgan fingerprint density at radius 3 is 2.55 bits per heavy atom. The highest BCUT2D eigenvalue weighted by molar-refractivity contribution is 6.08. The summed E-state index contributed by atoms with van der Waals surface area (Å²) in [7, 11) is 1.58. The van der Waals surface area contributed by atoms with Crippen molar-refractivity contribution in [2.45, 2.75) is 26.9 Å². The molecule has 0 fully saturated rings. The SMILES string of the molecule is COc1cc2c(cc1NC(=O)[C@H](C)Oc1cccc(C)c1C)oc1ccccc12. The molecule has 3 aromatic carbocycles. The summed E-state index contributed by atoms with van der Waals surface area (Å²) >= 11 is 0. The minimum Gasteiger partial charge on any atom is -0.495 e. The Morgan fingerprint density at radius 1 is 0.966 bits per heavy atom. The van der Waals surface area contributed by atoms with Gasteiger partial charge in [0, 0.05) is 16.8 Å². The van der Waals surface area contributed by atoms with E-state index >= 15 is 0 Å². The molecule has 0 aliphatic carbocycles. The lowest BCUT2D eigenvalue weighted by Gasteiger charge is -2.18. The highest BCUT2D eigenvalue weighted by atomic mass is 16.5. The van der Waals surface area contributed by atoms with E-state index in [0.717, 1.165) is 27.5 Å². The maximum Gasteiger partial charge on any atom is 0.265 e. The smallest absolute Gasteiger partial charge is 0.265 e. The zero-order chi connectivity index (χ0) is 20.5. The van der Waals surface area contributed by atoms with Gasteiger partial charge in [-0.3, -0.25) is 4.79 Å². The Hall–Kier alpha value is -3.47. The second-order valence-corrected chi connectivity index (χ2v) is 7.09. The Morgan fingerprint density at radius 2 is 1.76 bits per heavy atom. The van der Waals surface area contributed by atoms with Gasteiger partial charge in [-0.2, -0.15) is 0 Å². The highest BCUT2D eigenvalue weighted by Gasteiger charge is 2.19. The van der Waals surface area contributed by atoms with E-state index in [-0.39, 0.29) is 5.91 Å². The fourth-order valence-electron chi connectivity index (χ4n) is 3.35. The van der Waals surface area contributed by atoms with Crippen molar-refractivity contribution in [2.75, 3.05) is 12.4 Å². The van der Waals surface area contributed by atoms with Gasteiger partial charge in [-0.25, -0.2) is 0 Å². The molecule has 0 bridgehead atoms. The molecular weight excluding hydrogens is 366 g/mol. The van der Waals surface area contributed by atoms with E-state index in [2.05, 4.69) is 5.32 Å². The summed E-state index contributed by atoms with van der Waals surface area (Å²) in [6.45, 7) is 5.72. The summed E-state index contributed by atoms with van der Waals surface area (Å²) < 4.78 is 17.3. The predicted molar refractivity (Wildman–Crippen MR) is 115 cm³/mol. The van der Waals surface area contributed by atoms with Crippen molar-refractivity contribution in [2.24, 2.45) is 0 Å². The summed E-state index contributed by atoms with van der Waals surface area (Å²) in [4.78, 5) is 12.8. The third kappa shape index (κ3) is 3.51. The van der Waals surface area contributed by atoms with Crippen LogP contribution in [0, 0.1) is 13.8 Å². The van der Waals surface area contributed by atoms with Gasteiger partial charge in [-0.05, 0) is 50.1 Å². The number of amides is 1. The lowest BCUT2D eigenvalue weighted by Crippen LogP contribution is -2.30. The minimum absolute atomic E-state index is 0.264. The van der Waals surface area contributed by atoms with Crippen molar-refractivity contribution >= 4 is 33.5 Å². The van der Waals surface area contributed by atoms with Crippen molar-refractivity contribution in [3.8, 4) is 11.5 Å². The van der Waals surface area contributed by atoms with Crippen LogP contribution in [0.25, 0.3) is 21.9 Å². The number of anilines is 1. The second-order valence-electron chi connectivity index (χ2n) is 7.09. The molecule has 4 aromatic rings. The summed E-state index contributed by atoms with van der Waals surface area (Å²) in [6, 6.07) is 17.3. The molecule has 0 radical (unpaired) electrons. The van der Waals surface area contributed by atoms with Crippen LogP contribution in [-0.4, -0.2) is 19.1 Å². The number of hydrogen-bond donors (Lipinski definition) is 1. The normalized spacial score (nSPS) is 12.1. The van der Waals surface area contributed by atoms with E-state index in [1.807, 2.05) is 62.4 Å². The molecule has 1 atom stereocenters. The minimum atomic E-state index is -0.674. The topological polar surface area (TPSA) is 60.7 Å². The molecule has 1 N–H and O–H groups in total. The van der Waals surface area contributed by atoms with Crippen molar-refractivity contribution < 1.29 is 18.7 Å². The fourth-order valence-corrected chi connectivity index (χ4v) is 3.35. The number of ether oxygens (including phenoxy) is 2. The van der Waals surface area contributed by atoms with E-state index in [1.54, 1.807) is 20.1 Å². The number of para-hydroxylation sites is 1. The van der Waals surface area contributed by atoms with Crippen molar-refractivity contribution in [1.29, 1.82) is 0 Å². The maximum atomic E-state index is 12.8. The van der Waals surface area contributed by atoms with Gasteiger partial charge in [-0.15, -0.1) is 0 Å². The van der Waals surface area contributed by atoms with Gasteiger partial charge < -0.3 is 19.2 Å². The first-order valence-corrected chi connectivity index (χ1v) is 9.51. The first-order valence-electron chi connectivity index (χ1n) is 9.51. The standard InChI is InChI=1S/C24H23NO4/c1-14-8-7-11-20(15(14)2)28-16(3)24(26)25-19-13-22-18(12-23(19)27-4)17-9-5-6-10-21(17)29-22/h5-13,16H,1-4H3,(H,25,26)/t16-/m0/s1. The van der Waals surface area contributed by atoms with Crippen LogP contribution in [0.1, 0.15) is 18.1 Å². The lowest BCUT2D eigenvalue weighted by atomic mass is 10.1. The summed E-state index contributed by atoms with van der Waals surface area (Å²) in [5.74, 6) is 1.00. The first kappa shape index (κ1) is 18.9. The number of nitrogens with one attached hydrogen (secondary N) is 1. The van der Waals surface area contributed by atoms with Crippen LogP contribution in [-0.2, 0) is 4.79 Å². The molecule has 0 aliphatic heterocycles. The highest BCUT2D eigenvalue weighted by Crippen LogP contribution is 2.36. The third-order valence-electron chi connectivity index (χ3n) is 5.18. The molecule has 148 valence electrons. The van der Waals surface area contributed by atoms with E-state index in [9.17, 15) is 4.79 Å². The molecule has 4 rings (SSSR count). The van der Waals surface area contributed by atoms with Crippen molar-refractivity contribution in [1.82, 2.24) is 0 Å². The van der Waals surface area contributed by atoms with Crippen LogP contribution >= 0.6 is 0 Å². The summed E-state index contributed by atoms with van der Waals surface area (Å²) in [5, 5.41) is 4.85. The third-order valence-corrected chi connectivity index (χ3v) is 5.18. The molecule has 5 heteroatoms. The number of rotatable bonds is 5. The van der Waals surface area contributed by atoms with Gasteiger partial charge in [0.05, 0.1) is 12.8 Å². The largest absolute Gasteiger partial charge is 0.495 e. The maximum absolute atomic E-state index is 12.8. The van der Waals surface area contributed by atoms with Crippen LogP contribution in [0.5, 0.6) is 11.5 Å². The van der Waals surface area contributed by atoms with E-state index in [1.165, 1.54) is 0 Å². The van der Waals surface area contributed by atoms with Crippen LogP contribution in [0.4, 0.5) is 5.69 Å². The Labute approximate surface area is 169 Å². The van der Waals surface area contributed by atoms with E-state index in [0.29, 0.717) is 22.8 Å². The Balaban J connectivity index is 1.61. The van der Waals surface area contributed by atoms with Crippen molar-refractivity contribution in [3.63, 3.8) is 0 Å². The molecule has 0 unspecified atom stereocenters. The van der Waals surface area contributed by atoms with Gasteiger partial charge in [0.2, 0.25) is 0 Å². The zero-order valence-corrected chi connectivity index (χ0v) is 16.9. The number of carbonyl (C=O) groups is 1. The predicted octanol–water partition coefficient (Wildman–Crippen LogP) is 5.62.